The van der Waals surface area contributed by atoms with Gasteiger partial charge in [0.25, 0.3) is 0 Å². The summed E-state index contributed by atoms with van der Waals surface area (Å²) in [5.74, 6) is 0.915. The first-order valence-corrected chi connectivity index (χ1v) is 10.3. The van der Waals surface area contributed by atoms with Crippen LogP contribution >= 0.6 is 0 Å². The molecule has 1 saturated carbocycles. The zero-order chi connectivity index (χ0) is 19.8. The van der Waals surface area contributed by atoms with Gasteiger partial charge in [-0.3, -0.25) is 4.79 Å². The van der Waals surface area contributed by atoms with Gasteiger partial charge in [-0.05, 0) is 67.2 Å². The van der Waals surface area contributed by atoms with Gasteiger partial charge >= 0.3 is 0 Å². The molecule has 0 bridgehead atoms. The molecule has 0 radical (unpaired) electrons. The number of hydrogen-bond donors (Lipinski definition) is 1. The maximum absolute atomic E-state index is 13.1. The van der Waals surface area contributed by atoms with Crippen molar-refractivity contribution in [3.8, 4) is 0 Å². The lowest BCUT2D eigenvalue weighted by atomic mass is 9.49. The lowest BCUT2D eigenvalue weighted by Gasteiger charge is -2.53. The van der Waals surface area contributed by atoms with E-state index in [1.807, 2.05) is 0 Å². The van der Waals surface area contributed by atoms with Crippen LogP contribution in [0, 0.1) is 11.3 Å². The fourth-order valence-electron chi connectivity index (χ4n) is 4.99. The van der Waals surface area contributed by atoms with Gasteiger partial charge in [-0.1, -0.05) is 45.0 Å². The van der Waals surface area contributed by atoms with Gasteiger partial charge in [-0.25, -0.2) is 0 Å². The number of oxime groups is 1. The molecule has 0 aromatic heterocycles. The number of carbonyl (C=O) groups excluding carboxylic acids is 1. The minimum absolute atomic E-state index is 0.0924. The molecule has 4 nitrogen and oxygen atoms in total. The molecular weight excluding hydrogens is 336 g/mol. The molecule has 2 aliphatic rings. The summed E-state index contributed by atoms with van der Waals surface area (Å²) in [6.07, 6.45) is 3.32. The molecule has 4 heteroatoms. The molecule has 0 aliphatic heterocycles. The summed E-state index contributed by atoms with van der Waals surface area (Å²) in [6.45, 7) is 12.3. The van der Waals surface area contributed by atoms with Gasteiger partial charge in [0.15, 0.2) is 5.78 Å². The van der Waals surface area contributed by atoms with E-state index in [0.29, 0.717) is 25.5 Å². The Morgan fingerprint density at radius 3 is 2.70 bits per heavy atom. The SMILES string of the molecule is CC(C)c1ccc2c(c1)C(=O)CC1C(C)(C)CCC(=NOCCCN)[C@]21C. The quantitative estimate of drug-likeness (QED) is 0.597. The highest BCUT2D eigenvalue weighted by Crippen LogP contribution is 2.56. The van der Waals surface area contributed by atoms with Crippen molar-refractivity contribution in [3.63, 3.8) is 0 Å². The van der Waals surface area contributed by atoms with Crippen LogP contribution in [0.1, 0.15) is 87.7 Å². The first-order chi connectivity index (χ1) is 12.7. The topological polar surface area (TPSA) is 64.7 Å². The van der Waals surface area contributed by atoms with Crippen molar-refractivity contribution in [2.75, 3.05) is 13.2 Å². The van der Waals surface area contributed by atoms with Gasteiger partial charge in [0, 0.05) is 17.4 Å². The van der Waals surface area contributed by atoms with Crippen molar-refractivity contribution in [3.05, 3.63) is 34.9 Å². The smallest absolute Gasteiger partial charge is 0.163 e. The van der Waals surface area contributed by atoms with Crippen molar-refractivity contribution in [1.29, 1.82) is 0 Å². The second-order valence-electron chi connectivity index (χ2n) is 9.34. The largest absolute Gasteiger partial charge is 0.396 e. The highest BCUT2D eigenvalue weighted by molar-refractivity contribution is 6.06. The number of nitrogens with zero attached hydrogens (tertiary/aromatic N) is 1. The molecule has 1 unspecified atom stereocenters. The third kappa shape index (κ3) is 3.44. The van der Waals surface area contributed by atoms with Gasteiger partial charge in [-0.2, -0.15) is 0 Å². The Morgan fingerprint density at radius 2 is 2.04 bits per heavy atom. The summed E-state index contributed by atoms with van der Waals surface area (Å²) in [6, 6.07) is 6.46. The molecule has 0 saturated heterocycles. The van der Waals surface area contributed by atoms with Gasteiger partial charge < -0.3 is 10.6 Å². The number of hydrogen-bond acceptors (Lipinski definition) is 4. The Morgan fingerprint density at radius 1 is 1.30 bits per heavy atom. The van der Waals surface area contributed by atoms with E-state index in [1.165, 1.54) is 5.56 Å². The molecule has 3 rings (SSSR count). The van der Waals surface area contributed by atoms with E-state index in [1.54, 1.807) is 0 Å². The molecule has 2 aliphatic carbocycles. The van der Waals surface area contributed by atoms with Crippen molar-refractivity contribution < 1.29 is 9.63 Å². The first kappa shape index (κ1) is 20.1. The summed E-state index contributed by atoms with van der Waals surface area (Å²) in [7, 11) is 0. The van der Waals surface area contributed by atoms with E-state index in [2.05, 4.69) is 58.0 Å². The normalized spacial score (nSPS) is 28.2. The summed E-state index contributed by atoms with van der Waals surface area (Å²) in [4.78, 5) is 18.7. The Labute approximate surface area is 163 Å². The third-order valence-electron chi connectivity index (χ3n) is 6.82. The number of ketones is 1. The molecule has 0 heterocycles. The summed E-state index contributed by atoms with van der Waals surface area (Å²) >= 11 is 0. The van der Waals surface area contributed by atoms with Crippen LogP contribution in [0.3, 0.4) is 0 Å². The molecule has 1 aromatic carbocycles. The minimum atomic E-state index is -0.261. The zero-order valence-corrected chi connectivity index (χ0v) is 17.5. The monoisotopic (exact) mass is 370 g/mol. The van der Waals surface area contributed by atoms with Crippen LogP contribution in [0.25, 0.3) is 0 Å². The number of nitrogens with two attached hydrogens (primary N) is 1. The fraction of sp³-hybridized carbons (Fsp3) is 0.652. The van der Waals surface area contributed by atoms with Crippen LogP contribution in [-0.4, -0.2) is 24.6 Å². The Bertz CT molecular complexity index is 751. The van der Waals surface area contributed by atoms with Crippen molar-refractivity contribution >= 4 is 11.5 Å². The number of fused-ring (bicyclic) bond motifs is 3. The average molecular weight is 371 g/mol. The molecule has 0 spiro atoms. The van der Waals surface area contributed by atoms with Gasteiger partial charge in [0.2, 0.25) is 0 Å². The van der Waals surface area contributed by atoms with E-state index >= 15 is 0 Å². The molecule has 1 aromatic rings. The second-order valence-corrected chi connectivity index (χ2v) is 9.34. The Hall–Kier alpha value is -1.68. The summed E-state index contributed by atoms with van der Waals surface area (Å²) in [5, 5.41) is 4.57. The van der Waals surface area contributed by atoms with Crippen LogP contribution in [0.5, 0.6) is 0 Å². The minimum Gasteiger partial charge on any atom is -0.396 e. The molecule has 2 N–H and O–H groups in total. The number of carbonyl (C=O) groups is 1. The number of rotatable bonds is 5. The van der Waals surface area contributed by atoms with Gasteiger partial charge in [0.1, 0.15) is 6.61 Å². The van der Waals surface area contributed by atoms with Gasteiger partial charge in [0.05, 0.1) is 5.71 Å². The van der Waals surface area contributed by atoms with Crippen molar-refractivity contribution in [1.82, 2.24) is 0 Å². The number of benzene rings is 1. The van der Waals surface area contributed by atoms with Crippen LogP contribution in [-0.2, 0) is 10.3 Å². The van der Waals surface area contributed by atoms with E-state index < -0.39 is 0 Å². The van der Waals surface area contributed by atoms with E-state index in [0.717, 1.165) is 36.1 Å². The van der Waals surface area contributed by atoms with E-state index in [-0.39, 0.29) is 22.5 Å². The standard InChI is InChI=1S/C23H34N2O2/c1-15(2)16-7-8-18-17(13-16)19(26)14-20-22(3,4)10-9-21(23(18,20)5)25-27-12-6-11-24/h7-8,13,15,20H,6,9-12,14,24H2,1-5H3/t20?,23-/m1/s1. The average Bonchev–Trinajstić information content (AvgIpc) is 2.62. The summed E-state index contributed by atoms with van der Waals surface area (Å²) in [5.41, 5.74) is 9.70. The lowest BCUT2D eigenvalue weighted by Crippen LogP contribution is -2.54. The van der Waals surface area contributed by atoms with Crippen molar-refractivity contribution in [2.24, 2.45) is 22.2 Å². The second kappa shape index (κ2) is 7.38. The fourth-order valence-corrected chi connectivity index (χ4v) is 4.99. The highest BCUT2D eigenvalue weighted by Gasteiger charge is 2.55. The first-order valence-electron chi connectivity index (χ1n) is 10.3. The lowest BCUT2D eigenvalue weighted by molar-refractivity contribution is 0.0688. The van der Waals surface area contributed by atoms with E-state index in [4.69, 9.17) is 10.6 Å². The molecule has 27 heavy (non-hydrogen) atoms. The number of Topliss-reactive ketones (excluding diaryl/α,β-unsaturated/α-hetero) is 1. The van der Waals surface area contributed by atoms with E-state index in [9.17, 15) is 4.79 Å². The molecule has 1 fully saturated rings. The third-order valence-corrected chi connectivity index (χ3v) is 6.82. The Balaban J connectivity index is 2.10. The molecule has 2 atom stereocenters. The van der Waals surface area contributed by atoms with Gasteiger partial charge in [-0.15, -0.1) is 0 Å². The molecular formula is C23H34N2O2. The molecule has 0 amide bonds. The predicted octanol–water partition coefficient (Wildman–Crippen LogP) is 4.81. The molecule has 148 valence electrons. The Kier molecular flexibility index (Phi) is 5.49. The highest BCUT2D eigenvalue weighted by atomic mass is 16.6. The zero-order valence-electron chi connectivity index (χ0n) is 17.5. The maximum Gasteiger partial charge on any atom is 0.163 e. The summed E-state index contributed by atoms with van der Waals surface area (Å²) < 4.78 is 0. The van der Waals surface area contributed by atoms with Crippen LogP contribution < -0.4 is 5.73 Å². The van der Waals surface area contributed by atoms with Crippen LogP contribution in [0.15, 0.2) is 23.4 Å². The predicted molar refractivity (Wildman–Crippen MR) is 110 cm³/mol. The maximum atomic E-state index is 13.1. The van der Waals surface area contributed by atoms with Crippen molar-refractivity contribution in [2.45, 2.75) is 71.6 Å². The van der Waals surface area contributed by atoms with Crippen LogP contribution in [0.4, 0.5) is 0 Å². The van der Waals surface area contributed by atoms with Crippen LogP contribution in [0.2, 0.25) is 0 Å².